The molecule has 0 aliphatic carbocycles. The summed E-state index contributed by atoms with van der Waals surface area (Å²) < 4.78 is 5.91. The SMILES string of the molecule is CC(C)(Oc1ccccc1N)c1ccccc1O. The van der Waals surface area contributed by atoms with Crippen LogP contribution >= 0.6 is 0 Å². The highest BCUT2D eigenvalue weighted by Crippen LogP contribution is 2.34. The van der Waals surface area contributed by atoms with E-state index in [-0.39, 0.29) is 5.75 Å². The second kappa shape index (κ2) is 4.61. The fourth-order valence-electron chi connectivity index (χ4n) is 1.89. The lowest BCUT2D eigenvalue weighted by Gasteiger charge is -2.28. The molecule has 0 radical (unpaired) electrons. The van der Waals surface area contributed by atoms with Crippen molar-refractivity contribution in [3.8, 4) is 11.5 Å². The normalized spacial score (nSPS) is 11.2. The van der Waals surface area contributed by atoms with Gasteiger partial charge in [0, 0.05) is 5.56 Å². The smallest absolute Gasteiger partial charge is 0.143 e. The third-order valence-corrected chi connectivity index (χ3v) is 2.84. The molecule has 0 aliphatic rings. The molecule has 0 aliphatic heterocycles. The zero-order valence-electron chi connectivity index (χ0n) is 10.6. The first-order valence-electron chi connectivity index (χ1n) is 5.83. The molecule has 2 aromatic rings. The number of benzene rings is 2. The highest BCUT2D eigenvalue weighted by molar-refractivity contribution is 5.52. The zero-order chi connectivity index (χ0) is 13.2. The molecule has 0 heterocycles. The molecule has 94 valence electrons. The van der Waals surface area contributed by atoms with Crippen molar-refractivity contribution in [2.75, 3.05) is 5.73 Å². The summed E-state index contributed by atoms with van der Waals surface area (Å²) in [6.45, 7) is 3.79. The Morgan fingerprint density at radius 3 is 2.28 bits per heavy atom. The van der Waals surface area contributed by atoms with E-state index in [2.05, 4.69) is 0 Å². The maximum atomic E-state index is 9.88. The number of phenolic OH excluding ortho intramolecular Hbond substituents is 1. The van der Waals surface area contributed by atoms with Gasteiger partial charge in [-0.3, -0.25) is 0 Å². The van der Waals surface area contributed by atoms with E-state index in [4.69, 9.17) is 10.5 Å². The molecule has 0 amide bonds. The molecule has 3 heteroatoms. The van der Waals surface area contributed by atoms with Crippen LogP contribution in [0.3, 0.4) is 0 Å². The third kappa shape index (κ3) is 2.40. The van der Waals surface area contributed by atoms with E-state index in [0.717, 1.165) is 5.56 Å². The quantitative estimate of drug-likeness (QED) is 0.813. The van der Waals surface area contributed by atoms with Crippen LogP contribution in [0, 0.1) is 0 Å². The van der Waals surface area contributed by atoms with Crippen molar-refractivity contribution < 1.29 is 9.84 Å². The number of nitrogens with two attached hydrogens (primary N) is 1. The highest BCUT2D eigenvalue weighted by atomic mass is 16.5. The summed E-state index contributed by atoms with van der Waals surface area (Å²) in [5, 5.41) is 9.88. The summed E-state index contributed by atoms with van der Waals surface area (Å²) in [6.07, 6.45) is 0. The molecule has 0 saturated heterocycles. The highest BCUT2D eigenvalue weighted by Gasteiger charge is 2.26. The van der Waals surface area contributed by atoms with Gasteiger partial charge in [-0.2, -0.15) is 0 Å². The summed E-state index contributed by atoms with van der Waals surface area (Å²) in [5.41, 5.74) is 6.52. The van der Waals surface area contributed by atoms with Crippen LogP contribution in [0.1, 0.15) is 19.4 Å². The van der Waals surface area contributed by atoms with Gasteiger partial charge in [0.1, 0.15) is 17.1 Å². The Morgan fingerprint density at radius 2 is 1.61 bits per heavy atom. The van der Waals surface area contributed by atoms with Gasteiger partial charge in [-0.25, -0.2) is 0 Å². The fourth-order valence-corrected chi connectivity index (χ4v) is 1.89. The minimum atomic E-state index is -0.652. The first-order chi connectivity index (χ1) is 8.50. The van der Waals surface area contributed by atoms with Crippen LogP contribution in [-0.4, -0.2) is 5.11 Å². The first-order valence-corrected chi connectivity index (χ1v) is 5.83. The molecular formula is C15H17NO2. The lowest BCUT2D eigenvalue weighted by Crippen LogP contribution is -2.25. The second-order valence-corrected chi connectivity index (χ2v) is 4.67. The number of phenols is 1. The Bertz CT molecular complexity index is 550. The molecule has 18 heavy (non-hydrogen) atoms. The number of rotatable bonds is 3. The van der Waals surface area contributed by atoms with Gasteiger partial charge in [-0.05, 0) is 32.0 Å². The molecular weight excluding hydrogens is 226 g/mol. The lowest BCUT2D eigenvalue weighted by molar-refractivity contribution is 0.106. The van der Waals surface area contributed by atoms with E-state index in [9.17, 15) is 5.11 Å². The molecule has 0 atom stereocenters. The van der Waals surface area contributed by atoms with Gasteiger partial charge in [-0.1, -0.05) is 30.3 Å². The number of para-hydroxylation sites is 3. The van der Waals surface area contributed by atoms with E-state index in [0.29, 0.717) is 11.4 Å². The molecule has 0 saturated carbocycles. The van der Waals surface area contributed by atoms with Crippen molar-refractivity contribution in [3.63, 3.8) is 0 Å². The number of aromatic hydroxyl groups is 1. The Morgan fingerprint density at radius 1 is 1.00 bits per heavy atom. The van der Waals surface area contributed by atoms with Crippen LogP contribution in [0.15, 0.2) is 48.5 Å². The van der Waals surface area contributed by atoms with Crippen LogP contribution < -0.4 is 10.5 Å². The lowest BCUT2D eigenvalue weighted by atomic mass is 9.97. The zero-order valence-corrected chi connectivity index (χ0v) is 10.6. The topological polar surface area (TPSA) is 55.5 Å². The van der Waals surface area contributed by atoms with Gasteiger partial charge in [0.2, 0.25) is 0 Å². The number of nitrogen functional groups attached to an aromatic ring is 1. The third-order valence-electron chi connectivity index (χ3n) is 2.84. The molecule has 0 bridgehead atoms. The number of ether oxygens (including phenoxy) is 1. The predicted octanol–water partition coefficient (Wildman–Crippen LogP) is 3.29. The Kier molecular flexibility index (Phi) is 3.15. The minimum absolute atomic E-state index is 0.219. The van der Waals surface area contributed by atoms with Crippen molar-refractivity contribution in [2.45, 2.75) is 19.4 Å². The van der Waals surface area contributed by atoms with Gasteiger partial charge in [0.25, 0.3) is 0 Å². The molecule has 2 rings (SSSR count). The largest absolute Gasteiger partial charge is 0.508 e. The van der Waals surface area contributed by atoms with E-state index < -0.39 is 5.60 Å². The summed E-state index contributed by atoms with van der Waals surface area (Å²) in [5.74, 6) is 0.836. The van der Waals surface area contributed by atoms with Crippen LogP contribution in [-0.2, 0) is 5.60 Å². The Labute approximate surface area is 107 Å². The van der Waals surface area contributed by atoms with E-state index in [1.807, 2.05) is 44.2 Å². The second-order valence-electron chi connectivity index (χ2n) is 4.67. The van der Waals surface area contributed by atoms with Crippen molar-refractivity contribution in [2.24, 2.45) is 0 Å². The van der Waals surface area contributed by atoms with Crippen LogP contribution in [0.2, 0.25) is 0 Å². The van der Waals surface area contributed by atoms with Gasteiger partial charge in [0.15, 0.2) is 0 Å². The van der Waals surface area contributed by atoms with E-state index in [1.165, 1.54) is 0 Å². The van der Waals surface area contributed by atoms with Crippen LogP contribution in [0.25, 0.3) is 0 Å². The minimum Gasteiger partial charge on any atom is -0.508 e. The van der Waals surface area contributed by atoms with Crippen molar-refractivity contribution in [3.05, 3.63) is 54.1 Å². The van der Waals surface area contributed by atoms with Crippen LogP contribution in [0.5, 0.6) is 11.5 Å². The molecule has 0 spiro atoms. The summed E-state index contributed by atoms with van der Waals surface area (Å²) in [7, 11) is 0. The first kappa shape index (κ1) is 12.3. The average Bonchev–Trinajstić information content (AvgIpc) is 2.32. The Hall–Kier alpha value is -2.16. The molecule has 2 aromatic carbocycles. The molecule has 0 fully saturated rings. The standard InChI is InChI=1S/C15H17NO2/c1-15(2,11-7-3-5-9-13(11)17)18-14-10-6-4-8-12(14)16/h3-10,17H,16H2,1-2H3. The summed E-state index contributed by atoms with van der Waals surface area (Å²) >= 11 is 0. The summed E-state index contributed by atoms with van der Waals surface area (Å²) in [6, 6.07) is 14.5. The molecule has 3 nitrogen and oxygen atoms in total. The van der Waals surface area contributed by atoms with Crippen molar-refractivity contribution in [1.29, 1.82) is 0 Å². The van der Waals surface area contributed by atoms with Crippen molar-refractivity contribution in [1.82, 2.24) is 0 Å². The molecule has 0 aromatic heterocycles. The maximum absolute atomic E-state index is 9.88. The Balaban J connectivity index is 2.33. The van der Waals surface area contributed by atoms with E-state index in [1.54, 1.807) is 18.2 Å². The summed E-state index contributed by atoms with van der Waals surface area (Å²) in [4.78, 5) is 0. The average molecular weight is 243 g/mol. The predicted molar refractivity (Wildman–Crippen MR) is 72.6 cm³/mol. The monoisotopic (exact) mass is 243 g/mol. The fraction of sp³-hybridized carbons (Fsp3) is 0.200. The number of anilines is 1. The van der Waals surface area contributed by atoms with Crippen molar-refractivity contribution >= 4 is 5.69 Å². The molecule has 3 N–H and O–H groups in total. The number of hydrogen-bond donors (Lipinski definition) is 2. The van der Waals surface area contributed by atoms with Gasteiger partial charge < -0.3 is 15.6 Å². The van der Waals surface area contributed by atoms with Crippen LogP contribution in [0.4, 0.5) is 5.69 Å². The molecule has 0 unspecified atom stereocenters. The van der Waals surface area contributed by atoms with Gasteiger partial charge in [0.05, 0.1) is 5.69 Å². The van der Waals surface area contributed by atoms with Gasteiger partial charge >= 0.3 is 0 Å². The number of hydrogen-bond acceptors (Lipinski definition) is 3. The maximum Gasteiger partial charge on any atom is 0.143 e. The van der Waals surface area contributed by atoms with Gasteiger partial charge in [-0.15, -0.1) is 0 Å². The van der Waals surface area contributed by atoms with E-state index >= 15 is 0 Å².